The molecule has 0 bridgehead atoms. The molecule has 1 aromatic carbocycles. The Morgan fingerprint density at radius 3 is 2.78 bits per heavy atom. The fourth-order valence-corrected chi connectivity index (χ4v) is 2.68. The minimum atomic E-state index is 0.580. The Bertz CT molecular complexity index is 413. The van der Waals surface area contributed by atoms with E-state index in [0.717, 1.165) is 32.0 Å². The predicted molar refractivity (Wildman–Crippen MR) is 72.0 cm³/mol. The Kier molecular flexibility index (Phi) is 3.65. The zero-order valence-electron chi connectivity index (χ0n) is 10.7. The van der Waals surface area contributed by atoms with Gasteiger partial charge in [0.15, 0.2) is 0 Å². The Morgan fingerprint density at radius 2 is 2.11 bits per heavy atom. The van der Waals surface area contributed by atoms with Gasteiger partial charge in [-0.15, -0.1) is 0 Å². The maximum absolute atomic E-state index is 5.81. The summed E-state index contributed by atoms with van der Waals surface area (Å²) in [6.07, 6.45) is 7.17. The second-order valence-electron chi connectivity index (χ2n) is 5.17. The highest BCUT2D eigenvalue weighted by Gasteiger charge is 2.17. The molecule has 1 heterocycles. The molecular formula is C16H20O2. The Labute approximate surface area is 109 Å². The van der Waals surface area contributed by atoms with Gasteiger partial charge in [0.1, 0.15) is 12.4 Å². The lowest BCUT2D eigenvalue weighted by Gasteiger charge is -2.10. The van der Waals surface area contributed by atoms with Crippen LogP contribution in [-0.4, -0.2) is 19.8 Å². The van der Waals surface area contributed by atoms with Crippen LogP contribution in [0.3, 0.4) is 0 Å². The largest absolute Gasteiger partial charge is 0.489 e. The van der Waals surface area contributed by atoms with E-state index in [1.807, 2.05) is 0 Å². The van der Waals surface area contributed by atoms with Crippen LogP contribution in [0.2, 0.25) is 0 Å². The summed E-state index contributed by atoms with van der Waals surface area (Å²) in [6.45, 7) is 2.52. The Balaban J connectivity index is 1.56. The molecule has 1 saturated heterocycles. The zero-order valence-corrected chi connectivity index (χ0v) is 10.7. The van der Waals surface area contributed by atoms with E-state index in [0.29, 0.717) is 5.92 Å². The summed E-state index contributed by atoms with van der Waals surface area (Å²) < 4.78 is 11.2. The predicted octanol–water partition coefficient (Wildman–Crippen LogP) is 3.68. The van der Waals surface area contributed by atoms with Crippen molar-refractivity contribution in [3.05, 3.63) is 41.5 Å². The fraction of sp³-hybridized carbons (Fsp3) is 0.500. The molecule has 2 aliphatic rings. The van der Waals surface area contributed by atoms with Gasteiger partial charge in [-0.2, -0.15) is 0 Å². The van der Waals surface area contributed by atoms with Gasteiger partial charge in [0.2, 0.25) is 0 Å². The molecule has 1 unspecified atom stereocenters. The highest BCUT2D eigenvalue weighted by atomic mass is 16.5. The molecule has 0 amide bonds. The van der Waals surface area contributed by atoms with E-state index in [2.05, 4.69) is 30.3 Å². The van der Waals surface area contributed by atoms with Gasteiger partial charge in [0, 0.05) is 12.5 Å². The number of ether oxygens (including phenoxy) is 2. The van der Waals surface area contributed by atoms with Crippen molar-refractivity contribution >= 4 is 0 Å². The zero-order chi connectivity index (χ0) is 12.2. The minimum absolute atomic E-state index is 0.580. The summed E-state index contributed by atoms with van der Waals surface area (Å²) in [5.41, 5.74) is 2.82. The second-order valence-corrected chi connectivity index (χ2v) is 5.17. The molecule has 1 aliphatic carbocycles. The van der Waals surface area contributed by atoms with Crippen molar-refractivity contribution in [3.63, 3.8) is 0 Å². The summed E-state index contributed by atoms with van der Waals surface area (Å²) in [6, 6.07) is 8.53. The number of allylic oxidation sites excluding steroid dienone is 1. The molecule has 0 N–H and O–H groups in total. The Hall–Kier alpha value is -1.28. The first-order chi connectivity index (χ1) is 8.92. The van der Waals surface area contributed by atoms with Crippen LogP contribution in [0, 0.1) is 0 Å². The molecule has 0 aromatic heterocycles. The van der Waals surface area contributed by atoms with Crippen molar-refractivity contribution < 1.29 is 9.47 Å². The number of benzene rings is 1. The Morgan fingerprint density at radius 1 is 1.22 bits per heavy atom. The van der Waals surface area contributed by atoms with E-state index in [-0.39, 0.29) is 0 Å². The number of hydrogen-bond acceptors (Lipinski definition) is 2. The highest BCUT2D eigenvalue weighted by molar-refractivity contribution is 5.30. The first-order valence-electron chi connectivity index (χ1n) is 6.90. The van der Waals surface area contributed by atoms with Crippen molar-refractivity contribution in [2.24, 2.45) is 0 Å². The summed E-state index contributed by atoms with van der Waals surface area (Å²) >= 11 is 0. The molecule has 0 spiro atoms. The van der Waals surface area contributed by atoms with Crippen molar-refractivity contribution in [2.45, 2.75) is 31.6 Å². The van der Waals surface area contributed by atoms with E-state index >= 15 is 0 Å². The molecule has 3 rings (SSSR count). The maximum Gasteiger partial charge on any atom is 0.119 e. The van der Waals surface area contributed by atoms with E-state index in [9.17, 15) is 0 Å². The summed E-state index contributed by atoms with van der Waals surface area (Å²) in [5.74, 6) is 1.56. The van der Waals surface area contributed by atoms with Crippen molar-refractivity contribution in [1.82, 2.24) is 0 Å². The van der Waals surface area contributed by atoms with Crippen LogP contribution in [0.15, 0.2) is 35.9 Å². The lowest BCUT2D eigenvalue weighted by molar-refractivity contribution is 0.194. The monoisotopic (exact) mass is 244 g/mol. The van der Waals surface area contributed by atoms with Gasteiger partial charge in [0.05, 0.1) is 6.61 Å². The first kappa shape index (κ1) is 11.8. The molecule has 0 saturated carbocycles. The summed E-state index contributed by atoms with van der Waals surface area (Å²) in [7, 11) is 0. The van der Waals surface area contributed by atoms with Gasteiger partial charge in [0.25, 0.3) is 0 Å². The third-order valence-corrected chi connectivity index (χ3v) is 3.84. The van der Waals surface area contributed by atoms with Crippen LogP contribution in [0.25, 0.3) is 0 Å². The minimum Gasteiger partial charge on any atom is -0.489 e. The number of rotatable bonds is 4. The molecule has 1 aliphatic heterocycles. The molecular weight excluding hydrogens is 224 g/mol. The van der Waals surface area contributed by atoms with E-state index < -0.39 is 0 Å². The van der Waals surface area contributed by atoms with E-state index in [1.54, 1.807) is 0 Å². The highest BCUT2D eigenvalue weighted by Crippen LogP contribution is 2.27. The maximum atomic E-state index is 5.81. The van der Waals surface area contributed by atoms with Crippen LogP contribution >= 0.6 is 0 Å². The van der Waals surface area contributed by atoms with Crippen LogP contribution in [0.5, 0.6) is 5.75 Å². The molecule has 2 heteroatoms. The lowest BCUT2D eigenvalue weighted by atomic mass is 9.99. The lowest BCUT2D eigenvalue weighted by Crippen LogP contribution is -2.00. The van der Waals surface area contributed by atoms with Crippen molar-refractivity contribution in [1.29, 1.82) is 0 Å². The average molecular weight is 244 g/mol. The van der Waals surface area contributed by atoms with Crippen LogP contribution < -0.4 is 4.74 Å². The molecule has 96 valence electrons. The average Bonchev–Trinajstić information content (AvgIpc) is 3.10. The molecule has 0 radical (unpaired) electrons. The van der Waals surface area contributed by atoms with Gasteiger partial charge < -0.3 is 9.47 Å². The standard InChI is InChI=1S/C16H20O2/c1-2-4-13(3-1)11-18-16-7-5-14(6-8-16)15-9-10-17-12-15/h3,5-8,15H,1-2,4,9-12H2. The van der Waals surface area contributed by atoms with E-state index in [4.69, 9.17) is 9.47 Å². The normalized spacial score (nSPS) is 23.1. The smallest absolute Gasteiger partial charge is 0.119 e. The third kappa shape index (κ3) is 2.75. The molecule has 1 fully saturated rings. The molecule has 2 nitrogen and oxygen atoms in total. The third-order valence-electron chi connectivity index (χ3n) is 3.84. The quantitative estimate of drug-likeness (QED) is 0.752. The molecule has 18 heavy (non-hydrogen) atoms. The van der Waals surface area contributed by atoms with Gasteiger partial charge in [-0.05, 0) is 49.0 Å². The SMILES string of the molecule is C1=C(COc2ccc(C3CCOC3)cc2)CCC1. The second kappa shape index (κ2) is 5.57. The fourth-order valence-electron chi connectivity index (χ4n) is 2.68. The summed E-state index contributed by atoms with van der Waals surface area (Å²) in [4.78, 5) is 0. The van der Waals surface area contributed by atoms with Crippen LogP contribution in [0.1, 0.15) is 37.2 Å². The summed E-state index contributed by atoms with van der Waals surface area (Å²) in [5, 5.41) is 0. The first-order valence-corrected chi connectivity index (χ1v) is 6.90. The van der Waals surface area contributed by atoms with Gasteiger partial charge in [-0.25, -0.2) is 0 Å². The van der Waals surface area contributed by atoms with Crippen LogP contribution in [0.4, 0.5) is 0 Å². The molecule has 1 aromatic rings. The van der Waals surface area contributed by atoms with Crippen molar-refractivity contribution in [3.8, 4) is 5.75 Å². The topological polar surface area (TPSA) is 18.5 Å². The van der Waals surface area contributed by atoms with Gasteiger partial charge in [-0.3, -0.25) is 0 Å². The van der Waals surface area contributed by atoms with Crippen LogP contribution in [-0.2, 0) is 4.74 Å². The van der Waals surface area contributed by atoms with Gasteiger partial charge >= 0.3 is 0 Å². The van der Waals surface area contributed by atoms with Crippen molar-refractivity contribution in [2.75, 3.05) is 19.8 Å². The molecule has 1 atom stereocenters. The van der Waals surface area contributed by atoms with Gasteiger partial charge in [-0.1, -0.05) is 18.2 Å². The number of hydrogen-bond donors (Lipinski definition) is 0. The van der Waals surface area contributed by atoms with E-state index in [1.165, 1.54) is 30.4 Å².